The van der Waals surface area contributed by atoms with Crippen molar-refractivity contribution in [2.45, 2.75) is 44.7 Å². The minimum Gasteiger partial charge on any atom is -0.342 e. The van der Waals surface area contributed by atoms with E-state index < -0.39 is 0 Å². The van der Waals surface area contributed by atoms with Crippen molar-refractivity contribution in [3.63, 3.8) is 0 Å². The first-order valence-electron chi connectivity index (χ1n) is 7.74. The topological polar surface area (TPSA) is 64.2 Å². The predicted molar refractivity (Wildman–Crippen MR) is 91.3 cm³/mol. The fourth-order valence-corrected chi connectivity index (χ4v) is 3.51. The van der Waals surface area contributed by atoms with Crippen LogP contribution in [0.1, 0.15) is 32.1 Å². The molecule has 0 radical (unpaired) electrons. The molecule has 1 aliphatic heterocycles. The number of nitrogens with two attached hydrogens (primary N) is 1. The highest BCUT2D eigenvalue weighted by Crippen LogP contribution is 2.28. The van der Waals surface area contributed by atoms with Crippen LogP contribution in [0, 0.1) is 11.8 Å². The van der Waals surface area contributed by atoms with Crippen LogP contribution in [0.25, 0.3) is 0 Å². The number of likely N-dealkylation sites (tertiary alicyclic amines) is 1. The minimum absolute atomic E-state index is 0. The van der Waals surface area contributed by atoms with Gasteiger partial charge in [0.1, 0.15) is 0 Å². The molecule has 2 aliphatic rings. The summed E-state index contributed by atoms with van der Waals surface area (Å²) in [5.74, 6) is 1.17. The molecular weight excluding hydrogens is 323 g/mol. The van der Waals surface area contributed by atoms with Gasteiger partial charge in [-0.15, -0.1) is 24.8 Å². The van der Waals surface area contributed by atoms with Crippen LogP contribution in [0.3, 0.4) is 0 Å². The van der Waals surface area contributed by atoms with Crippen molar-refractivity contribution in [2.24, 2.45) is 17.6 Å². The van der Waals surface area contributed by atoms with Crippen LogP contribution in [0.4, 0.5) is 0 Å². The Morgan fingerprint density at radius 2 is 1.91 bits per heavy atom. The van der Waals surface area contributed by atoms with Gasteiger partial charge in [0.25, 0.3) is 0 Å². The van der Waals surface area contributed by atoms with E-state index in [2.05, 4.69) is 10.00 Å². The van der Waals surface area contributed by atoms with Gasteiger partial charge in [-0.1, -0.05) is 0 Å². The molecule has 2 N–H and O–H groups in total. The molecule has 126 valence electrons. The maximum absolute atomic E-state index is 12.4. The number of amides is 1. The van der Waals surface area contributed by atoms with Crippen molar-refractivity contribution < 1.29 is 4.79 Å². The summed E-state index contributed by atoms with van der Waals surface area (Å²) in [7, 11) is 0. The Balaban J connectivity index is 0.00000121. The number of hydrogen-bond donors (Lipinski definition) is 1. The molecule has 1 aromatic rings. The summed E-state index contributed by atoms with van der Waals surface area (Å²) in [4.78, 5) is 14.5. The van der Waals surface area contributed by atoms with Crippen molar-refractivity contribution in [1.82, 2.24) is 14.7 Å². The lowest BCUT2D eigenvalue weighted by Gasteiger charge is -2.33. The Kier molecular flexibility index (Phi) is 7.66. The molecule has 2 fully saturated rings. The lowest BCUT2D eigenvalue weighted by molar-refractivity contribution is -0.136. The first-order chi connectivity index (χ1) is 9.72. The SMILES string of the molecule is Cl.Cl.NC1CCC(C(=O)N2CCC(Cn3cccn3)CC2)C1. The number of carbonyl (C=O) groups excluding carboxylic acids is 1. The van der Waals surface area contributed by atoms with Gasteiger partial charge >= 0.3 is 0 Å². The van der Waals surface area contributed by atoms with Gasteiger partial charge in [-0.2, -0.15) is 5.10 Å². The van der Waals surface area contributed by atoms with Gasteiger partial charge in [-0.3, -0.25) is 9.48 Å². The maximum atomic E-state index is 12.4. The highest BCUT2D eigenvalue weighted by atomic mass is 35.5. The summed E-state index contributed by atoms with van der Waals surface area (Å²) in [6.07, 6.45) is 8.87. The summed E-state index contributed by atoms with van der Waals surface area (Å²) in [5.41, 5.74) is 5.91. The van der Waals surface area contributed by atoms with E-state index in [-0.39, 0.29) is 36.8 Å². The summed E-state index contributed by atoms with van der Waals surface area (Å²) in [5, 5.41) is 4.26. The number of piperidine rings is 1. The minimum atomic E-state index is 0. The molecular formula is C15H26Cl2N4O. The van der Waals surface area contributed by atoms with Crippen molar-refractivity contribution in [3.05, 3.63) is 18.5 Å². The number of halogens is 2. The number of aromatic nitrogens is 2. The third-order valence-corrected chi connectivity index (χ3v) is 4.75. The molecule has 2 unspecified atom stereocenters. The largest absolute Gasteiger partial charge is 0.342 e. The Labute approximate surface area is 144 Å². The molecule has 7 heteroatoms. The Morgan fingerprint density at radius 3 is 2.45 bits per heavy atom. The van der Waals surface area contributed by atoms with E-state index in [4.69, 9.17) is 5.73 Å². The van der Waals surface area contributed by atoms with Gasteiger partial charge in [0, 0.05) is 44.0 Å². The van der Waals surface area contributed by atoms with Crippen LogP contribution >= 0.6 is 24.8 Å². The van der Waals surface area contributed by atoms with E-state index in [9.17, 15) is 4.79 Å². The first kappa shape index (κ1) is 19.3. The molecule has 22 heavy (non-hydrogen) atoms. The smallest absolute Gasteiger partial charge is 0.225 e. The normalized spacial score (nSPS) is 25.4. The fourth-order valence-electron chi connectivity index (χ4n) is 3.51. The monoisotopic (exact) mass is 348 g/mol. The van der Waals surface area contributed by atoms with Gasteiger partial charge in [-0.25, -0.2) is 0 Å². The molecule has 1 saturated heterocycles. The van der Waals surface area contributed by atoms with Gasteiger partial charge in [0.2, 0.25) is 5.91 Å². The van der Waals surface area contributed by atoms with Gasteiger partial charge in [0.05, 0.1) is 0 Å². The van der Waals surface area contributed by atoms with Crippen molar-refractivity contribution in [1.29, 1.82) is 0 Å². The van der Waals surface area contributed by atoms with Crippen LogP contribution in [0.2, 0.25) is 0 Å². The van der Waals surface area contributed by atoms with Crippen LogP contribution in [-0.2, 0) is 11.3 Å². The molecule has 2 heterocycles. The lowest BCUT2D eigenvalue weighted by Crippen LogP contribution is -2.42. The Hall–Kier alpha value is -0.780. The molecule has 1 aliphatic carbocycles. The molecule has 3 rings (SSSR count). The third-order valence-electron chi connectivity index (χ3n) is 4.75. The van der Waals surface area contributed by atoms with E-state index in [1.165, 1.54) is 0 Å². The quantitative estimate of drug-likeness (QED) is 0.909. The predicted octanol–water partition coefficient (Wildman–Crippen LogP) is 2.09. The maximum Gasteiger partial charge on any atom is 0.225 e. The zero-order valence-electron chi connectivity index (χ0n) is 12.8. The average Bonchev–Trinajstić information content (AvgIpc) is 3.10. The second kappa shape index (κ2) is 8.75. The molecule has 0 aromatic carbocycles. The van der Waals surface area contributed by atoms with Crippen molar-refractivity contribution in [3.8, 4) is 0 Å². The van der Waals surface area contributed by atoms with Gasteiger partial charge in [0.15, 0.2) is 0 Å². The average molecular weight is 349 g/mol. The zero-order valence-corrected chi connectivity index (χ0v) is 14.4. The van der Waals surface area contributed by atoms with Crippen LogP contribution in [0.5, 0.6) is 0 Å². The van der Waals surface area contributed by atoms with Crippen LogP contribution < -0.4 is 5.73 Å². The summed E-state index contributed by atoms with van der Waals surface area (Å²) < 4.78 is 2.00. The summed E-state index contributed by atoms with van der Waals surface area (Å²) in [6, 6.07) is 2.20. The van der Waals surface area contributed by atoms with Gasteiger partial charge in [-0.05, 0) is 44.1 Å². The summed E-state index contributed by atoms with van der Waals surface area (Å²) in [6.45, 7) is 2.77. The summed E-state index contributed by atoms with van der Waals surface area (Å²) >= 11 is 0. The van der Waals surface area contributed by atoms with Crippen LogP contribution in [0.15, 0.2) is 18.5 Å². The molecule has 1 saturated carbocycles. The zero-order chi connectivity index (χ0) is 13.9. The lowest BCUT2D eigenvalue weighted by atomic mass is 9.95. The molecule has 2 atom stereocenters. The highest BCUT2D eigenvalue weighted by Gasteiger charge is 2.32. The van der Waals surface area contributed by atoms with Gasteiger partial charge < -0.3 is 10.6 Å². The third kappa shape index (κ3) is 4.61. The molecule has 1 amide bonds. The van der Waals surface area contributed by atoms with Crippen molar-refractivity contribution in [2.75, 3.05) is 13.1 Å². The molecule has 5 nitrogen and oxygen atoms in total. The first-order valence-corrected chi connectivity index (χ1v) is 7.74. The van der Waals surface area contributed by atoms with E-state index in [0.29, 0.717) is 11.8 Å². The highest BCUT2D eigenvalue weighted by molar-refractivity contribution is 5.85. The van der Waals surface area contributed by atoms with Crippen LogP contribution in [-0.4, -0.2) is 39.7 Å². The standard InChI is InChI=1S/C15H24N4O.2ClH/c16-14-3-2-13(10-14)15(20)18-8-4-12(5-9-18)11-19-7-1-6-17-19;;/h1,6-7,12-14H,2-5,8-11,16H2;2*1H. The van der Waals surface area contributed by atoms with E-state index in [1.807, 2.05) is 23.1 Å². The fraction of sp³-hybridized carbons (Fsp3) is 0.733. The molecule has 0 bridgehead atoms. The number of rotatable bonds is 3. The molecule has 1 aromatic heterocycles. The second-order valence-corrected chi connectivity index (χ2v) is 6.27. The van der Waals surface area contributed by atoms with E-state index in [1.54, 1.807) is 0 Å². The number of nitrogens with zero attached hydrogens (tertiary/aromatic N) is 3. The second-order valence-electron chi connectivity index (χ2n) is 6.27. The van der Waals surface area contributed by atoms with E-state index in [0.717, 1.165) is 51.7 Å². The van der Waals surface area contributed by atoms with E-state index >= 15 is 0 Å². The number of carbonyl (C=O) groups is 1. The van der Waals surface area contributed by atoms with Crippen molar-refractivity contribution >= 4 is 30.7 Å². The number of hydrogen-bond acceptors (Lipinski definition) is 3. The molecule has 0 spiro atoms. The Bertz CT molecular complexity index is 446. The Morgan fingerprint density at radius 1 is 1.18 bits per heavy atom.